The quantitative estimate of drug-likeness (QED) is 0.615. The van der Waals surface area contributed by atoms with Crippen molar-refractivity contribution in [2.75, 3.05) is 13.2 Å². The van der Waals surface area contributed by atoms with Gasteiger partial charge in [-0.1, -0.05) is 33.6 Å². The van der Waals surface area contributed by atoms with Crippen LogP contribution in [0.3, 0.4) is 0 Å². The molecule has 0 saturated carbocycles. The third kappa shape index (κ3) is 2.48. The lowest BCUT2D eigenvalue weighted by atomic mass is 9.78. The minimum absolute atomic E-state index is 0.578. The summed E-state index contributed by atoms with van der Waals surface area (Å²) in [5.41, 5.74) is 0.578. The second-order valence-corrected chi connectivity index (χ2v) is 4.63. The minimum atomic E-state index is 0.578. The fraction of sp³-hybridized carbons (Fsp3) is 1.00. The topological polar surface area (TPSA) is 9.23 Å². The van der Waals surface area contributed by atoms with Gasteiger partial charge in [-0.15, -0.1) is 0 Å². The van der Waals surface area contributed by atoms with Crippen LogP contribution in [0.15, 0.2) is 0 Å². The average Bonchev–Trinajstić information content (AvgIpc) is 1.94. The maximum Gasteiger partial charge on any atom is 0.0544 e. The second kappa shape index (κ2) is 4.27. The molecule has 1 saturated heterocycles. The Bertz CT molecular complexity index is 119. The first-order valence-corrected chi connectivity index (χ1v) is 5.26. The molecule has 1 nitrogen and oxygen atoms in total. The molecule has 0 amide bonds. The number of hydrogen-bond acceptors (Lipinski definition) is 1. The van der Waals surface area contributed by atoms with Gasteiger partial charge in [-0.05, 0) is 18.8 Å². The summed E-state index contributed by atoms with van der Waals surface area (Å²) in [5.74, 6) is 0.861. The molecule has 0 aromatic carbocycles. The summed E-state index contributed by atoms with van der Waals surface area (Å²) in [5, 5.41) is 0. The molecule has 1 heterocycles. The van der Waals surface area contributed by atoms with Gasteiger partial charge < -0.3 is 4.74 Å². The fourth-order valence-electron chi connectivity index (χ4n) is 1.80. The first-order chi connectivity index (χ1) is 5.68. The zero-order valence-electron chi connectivity index (χ0n) is 8.73. The summed E-state index contributed by atoms with van der Waals surface area (Å²) in [4.78, 5) is 0. The molecule has 0 spiro atoms. The zero-order valence-corrected chi connectivity index (χ0v) is 8.73. The molecule has 1 aliphatic heterocycles. The van der Waals surface area contributed by atoms with Crippen LogP contribution in [0.25, 0.3) is 0 Å². The molecule has 0 aliphatic carbocycles. The third-order valence-electron chi connectivity index (χ3n) is 3.06. The summed E-state index contributed by atoms with van der Waals surface area (Å²) < 4.78 is 5.29. The van der Waals surface area contributed by atoms with Gasteiger partial charge in [0.2, 0.25) is 0 Å². The van der Waals surface area contributed by atoms with E-state index in [2.05, 4.69) is 20.8 Å². The molecule has 1 fully saturated rings. The lowest BCUT2D eigenvalue weighted by Crippen LogP contribution is -2.41. The van der Waals surface area contributed by atoms with Crippen LogP contribution in [0, 0.1) is 11.3 Å². The Morgan fingerprint density at radius 1 is 1.33 bits per heavy atom. The molecular weight excluding hydrogens is 148 g/mol. The average molecular weight is 170 g/mol. The van der Waals surface area contributed by atoms with Gasteiger partial charge in [0.05, 0.1) is 13.2 Å². The van der Waals surface area contributed by atoms with Gasteiger partial charge in [0.1, 0.15) is 0 Å². The molecule has 0 radical (unpaired) electrons. The molecule has 1 aliphatic rings. The summed E-state index contributed by atoms with van der Waals surface area (Å²) in [6, 6.07) is 0. The van der Waals surface area contributed by atoms with Crippen molar-refractivity contribution >= 4 is 0 Å². The number of ether oxygens (including phenoxy) is 1. The minimum Gasteiger partial charge on any atom is -0.380 e. The van der Waals surface area contributed by atoms with Gasteiger partial charge in [-0.2, -0.15) is 0 Å². The van der Waals surface area contributed by atoms with E-state index in [9.17, 15) is 0 Å². The summed E-state index contributed by atoms with van der Waals surface area (Å²) >= 11 is 0. The first kappa shape index (κ1) is 10.0. The standard InChI is InChI=1S/C11H22O/c1-4-11(8-12-9-11)7-5-6-10(2)3/h10H,4-9H2,1-3H3. The molecule has 12 heavy (non-hydrogen) atoms. The third-order valence-corrected chi connectivity index (χ3v) is 3.06. The van der Waals surface area contributed by atoms with E-state index in [1.807, 2.05) is 0 Å². The Labute approximate surface area is 76.5 Å². The predicted molar refractivity (Wildman–Crippen MR) is 52.2 cm³/mol. The van der Waals surface area contributed by atoms with Crippen LogP contribution < -0.4 is 0 Å². The van der Waals surface area contributed by atoms with Crippen molar-refractivity contribution in [3.63, 3.8) is 0 Å². The van der Waals surface area contributed by atoms with Crippen molar-refractivity contribution in [2.45, 2.75) is 46.5 Å². The largest absolute Gasteiger partial charge is 0.380 e. The lowest BCUT2D eigenvalue weighted by molar-refractivity contribution is -0.120. The van der Waals surface area contributed by atoms with Gasteiger partial charge in [0.15, 0.2) is 0 Å². The number of rotatable bonds is 5. The van der Waals surface area contributed by atoms with Crippen molar-refractivity contribution in [3.8, 4) is 0 Å². The highest BCUT2D eigenvalue weighted by Crippen LogP contribution is 2.36. The van der Waals surface area contributed by atoms with Crippen LogP contribution in [-0.2, 0) is 4.74 Å². The number of hydrogen-bond donors (Lipinski definition) is 0. The van der Waals surface area contributed by atoms with Gasteiger partial charge in [0.25, 0.3) is 0 Å². The first-order valence-electron chi connectivity index (χ1n) is 5.26. The van der Waals surface area contributed by atoms with E-state index in [0.717, 1.165) is 19.1 Å². The second-order valence-electron chi connectivity index (χ2n) is 4.63. The summed E-state index contributed by atoms with van der Waals surface area (Å²) in [7, 11) is 0. The van der Waals surface area contributed by atoms with E-state index in [-0.39, 0.29) is 0 Å². The van der Waals surface area contributed by atoms with Gasteiger partial charge >= 0.3 is 0 Å². The summed E-state index contributed by atoms with van der Waals surface area (Å²) in [6.45, 7) is 8.92. The van der Waals surface area contributed by atoms with Crippen molar-refractivity contribution in [2.24, 2.45) is 11.3 Å². The fourth-order valence-corrected chi connectivity index (χ4v) is 1.80. The monoisotopic (exact) mass is 170 g/mol. The van der Waals surface area contributed by atoms with Crippen LogP contribution in [0.5, 0.6) is 0 Å². The normalized spacial score (nSPS) is 21.0. The smallest absolute Gasteiger partial charge is 0.0544 e. The van der Waals surface area contributed by atoms with Crippen molar-refractivity contribution in [1.29, 1.82) is 0 Å². The van der Waals surface area contributed by atoms with E-state index < -0.39 is 0 Å². The zero-order chi connectivity index (χ0) is 9.03. The van der Waals surface area contributed by atoms with Crippen LogP contribution >= 0.6 is 0 Å². The highest BCUT2D eigenvalue weighted by atomic mass is 16.5. The van der Waals surface area contributed by atoms with Gasteiger partial charge in [-0.25, -0.2) is 0 Å². The van der Waals surface area contributed by atoms with Crippen LogP contribution in [0.4, 0.5) is 0 Å². The van der Waals surface area contributed by atoms with Crippen molar-refractivity contribution < 1.29 is 4.74 Å². The molecule has 0 atom stereocenters. The highest BCUT2D eigenvalue weighted by molar-refractivity contribution is 4.83. The molecule has 0 unspecified atom stereocenters. The lowest BCUT2D eigenvalue weighted by Gasteiger charge is -2.41. The Morgan fingerprint density at radius 3 is 2.33 bits per heavy atom. The van der Waals surface area contributed by atoms with E-state index in [1.54, 1.807) is 0 Å². The Kier molecular flexibility index (Phi) is 3.57. The highest BCUT2D eigenvalue weighted by Gasteiger charge is 2.35. The van der Waals surface area contributed by atoms with Crippen molar-refractivity contribution in [3.05, 3.63) is 0 Å². The van der Waals surface area contributed by atoms with E-state index in [4.69, 9.17) is 4.74 Å². The molecule has 0 aromatic heterocycles. The Hall–Kier alpha value is -0.0400. The molecule has 1 rings (SSSR count). The summed E-state index contributed by atoms with van der Waals surface area (Å²) in [6.07, 6.45) is 5.43. The van der Waals surface area contributed by atoms with E-state index in [0.29, 0.717) is 5.41 Å². The predicted octanol–water partition coefficient (Wildman–Crippen LogP) is 3.24. The Balaban J connectivity index is 2.12. The maximum absolute atomic E-state index is 5.29. The molecule has 0 N–H and O–H groups in total. The van der Waals surface area contributed by atoms with Crippen LogP contribution in [-0.4, -0.2) is 13.2 Å². The molecule has 0 bridgehead atoms. The molecular formula is C11H22O. The van der Waals surface area contributed by atoms with Crippen LogP contribution in [0.2, 0.25) is 0 Å². The molecule has 0 aromatic rings. The van der Waals surface area contributed by atoms with Gasteiger partial charge in [0, 0.05) is 5.41 Å². The van der Waals surface area contributed by atoms with E-state index >= 15 is 0 Å². The molecule has 1 heteroatoms. The SMILES string of the molecule is CCC1(CCCC(C)C)COC1. The van der Waals surface area contributed by atoms with Crippen LogP contribution in [0.1, 0.15) is 46.5 Å². The molecule has 72 valence electrons. The maximum atomic E-state index is 5.29. The van der Waals surface area contributed by atoms with E-state index in [1.165, 1.54) is 25.7 Å². The van der Waals surface area contributed by atoms with Gasteiger partial charge in [-0.3, -0.25) is 0 Å². The Morgan fingerprint density at radius 2 is 2.00 bits per heavy atom. The van der Waals surface area contributed by atoms with Crippen molar-refractivity contribution in [1.82, 2.24) is 0 Å².